The molecule has 26 heavy (non-hydrogen) atoms. The van der Waals surface area contributed by atoms with Crippen LogP contribution in [-0.2, 0) is 14.3 Å². The van der Waals surface area contributed by atoms with E-state index < -0.39 is 0 Å². The van der Waals surface area contributed by atoms with Gasteiger partial charge in [0.2, 0.25) is 11.8 Å². The van der Waals surface area contributed by atoms with Gasteiger partial charge in [0.25, 0.3) is 0 Å². The Kier molecular flexibility index (Phi) is 6.89. The predicted octanol–water partition coefficient (Wildman–Crippen LogP) is 2.98. The molecule has 1 aromatic carbocycles. The van der Waals surface area contributed by atoms with Crippen molar-refractivity contribution in [2.75, 3.05) is 31.6 Å². The van der Waals surface area contributed by atoms with E-state index in [2.05, 4.69) is 5.32 Å². The van der Waals surface area contributed by atoms with Gasteiger partial charge in [-0.1, -0.05) is 18.6 Å². The summed E-state index contributed by atoms with van der Waals surface area (Å²) < 4.78 is 11.4. The van der Waals surface area contributed by atoms with Crippen molar-refractivity contribution in [3.63, 3.8) is 0 Å². The highest BCUT2D eigenvalue weighted by atomic mass is 16.5. The maximum atomic E-state index is 12.3. The summed E-state index contributed by atoms with van der Waals surface area (Å²) >= 11 is 0. The first kappa shape index (κ1) is 18.7. The first-order chi connectivity index (χ1) is 12.7. The number of hydrogen-bond acceptors (Lipinski definition) is 4. The number of rotatable bonds is 7. The molecule has 3 rings (SSSR count). The summed E-state index contributed by atoms with van der Waals surface area (Å²) in [6, 6.07) is 7.44. The fourth-order valence-corrected chi connectivity index (χ4v) is 3.38. The van der Waals surface area contributed by atoms with Crippen molar-refractivity contribution in [1.82, 2.24) is 4.90 Å². The van der Waals surface area contributed by atoms with Crippen LogP contribution in [0.5, 0.6) is 5.75 Å². The number of nitrogens with one attached hydrogen (secondary N) is 1. The Labute approximate surface area is 154 Å². The zero-order valence-electron chi connectivity index (χ0n) is 15.2. The molecule has 2 amide bonds. The number of hydrogen-bond donors (Lipinski definition) is 1. The van der Waals surface area contributed by atoms with Crippen molar-refractivity contribution in [1.29, 1.82) is 0 Å². The van der Waals surface area contributed by atoms with Crippen LogP contribution in [0.15, 0.2) is 24.3 Å². The number of carbonyl (C=O) groups excluding carboxylic acids is 2. The van der Waals surface area contributed by atoms with Crippen molar-refractivity contribution >= 4 is 17.5 Å². The third-order valence-electron chi connectivity index (χ3n) is 4.89. The molecule has 1 atom stereocenters. The molecule has 0 bridgehead atoms. The van der Waals surface area contributed by atoms with Gasteiger partial charge in [0.05, 0.1) is 11.8 Å². The lowest BCUT2D eigenvalue weighted by atomic mass is 10.2. The number of likely N-dealkylation sites (tertiary alicyclic amines) is 1. The first-order valence-electron chi connectivity index (χ1n) is 9.63. The Balaban J connectivity index is 1.49. The molecule has 6 nitrogen and oxygen atoms in total. The number of carbonyl (C=O) groups is 2. The van der Waals surface area contributed by atoms with Gasteiger partial charge in [0.15, 0.2) is 0 Å². The fourth-order valence-electron chi connectivity index (χ4n) is 3.38. The average molecular weight is 360 g/mol. The summed E-state index contributed by atoms with van der Waals surface area (Å²) in [5.41, 5.74) is 0.665. The van der Waals surface area contributed by atoms with Crippen LogP contribution in [0.3, 0.4) is 0 Å². The number of para-hydroxylation sites is 2. The van der Waals surface area contributed by atoms with E-state index in [4.69, 9.17) is 9.47 Å². The molecule has 2 saturated heterocycles. The van der Waals surface area contributed by atoms with Gasteiger partial charge in [0, 0.05) is 32.5 Å². The van der Waals surface area contributed by atoms with Gasteiger partial charge in [-0.05, 0) is 37.8 Å². The molecule has 0 radical (unpaired) electrons. The minimum Gasteiger partial charge on any atom is -0.489 e. The van der Waals surface area contributed by atoms with Gasteiger partial charge < -0.3 is 19.7 Å². The van der Waals surface area contributed by atoms with Crippen LogP contribution in [0.1, 0.15) is 44.9 Å². The lowest BCUT2D eigenvalue weighted by molar-refractivity contribution is -0.131. The monoisotopic (exact) mass is 360 g/mol. The molecule has 1 N–H and O–H groups in total. The van der Waals surface area contributed by atoms with Gasteiger partial charge in [0.1, 0.15) is 12.4 Å². The van der Waals surface area contributed by atoms with Crippen LogP contribution in [0, 0.1) is 0 Å². The highest BCUT2D eigenvalue weighted by Gasteiger charge is 2.19. The standard InChI is InChI=1S/C20H28N2O4/c23-19(11-13-22-12-5-1-2-10-20(22)24)21-17-8-3-4-9-18(17)26-15-16-7-6-14-25-16/h3-4,8-9,16H,1-2,5-7,10-15H2,(H,21,23). The average Bonchev–Trinajstić information content (AvgIpc) is 3.08. The minimum atomic E-state index is -0.102. The normalized spacial score (nSPS) is 20.7. The van der Waals surface area contributed by atoms with Crippen LogP contribution in [0.25, 0.3) is 0 Å². The fraction of sp³-hybridized carbons (Fsp3) is 0.600. The summed E-state index contributed by atoms with van der Waals surface area (Å²) in [7, 11) is 0. The molecule has 1 aromatic rings. The van der Waals surface area contributed by atoms with E-state index in [1.165, 1.54) is 0 Å². The molecular formula is C20H28N2O4. The van der Waals surface area contributed by atoms with E-state index in [9.17, 15) is 9.59 Å². The lowest BCUT2D eigenvalue weighted by Crippen LogP contribution is -2.33. The number of nitrogens with zero attached hydrogens (tertiary/aromatic N) is 1. The smallest absolute Gasteiger partial charge is 0.226 e. The van der Waals surface area contributed by atoms with Crippen LogP contribution in [0.4, 0.5) is 5.69 Å². The van der Waals surface area contributed by atoms with Crippen LogP contribution < -0.4 is 10.1 Å². The number of ether oxygens (including phenoxy) is 2. The summed E-state index contributed by atoms with van der Waals surface area (Å²) in [6.45, 7) is 2.52. The van der Waals surface area contributed by atoms with Crippen LogP contribution in [-0.4, -0.2) is 49.1 Å². The SMILES string of the molecule is O=C(CCN1CCCCCC1=O)Nc1ccccc1OCC1CCCO1. The number of benzene rings is 1. The van der Waals surface area contributed by atoms with E-state index in [0.717, 1.165) is 45.3 Å². The first-order valence-corrected chi connectivity index (χ1v) is 9.63. The minimum absolute atomic E-state index is 0.102. The van der Waals surface area contributed by atoms with Crippen LogP contribution in [0.2, 0.25) is 0 Å². The van der Waals surface area contributed by atoms with Gasteiger partial charge >= 0.3 is 0 Å². The Bertz CT molecular complexity index is 614. The summed E-state index contributed by atoms with van der Waals surface area (Å²) in [6.07, 6.45) is 6.18. The molecule has 2 fully saturated rings. The third kappa shape index (κ3) is 5.46. The second kappa shape index (κ2) is 9.57. The van der Waals surface area contributed by atoms with Crippen molar-refractivity contribution in [2.24, 2.45) is 0 Å². The van der Waals surface area contributed by atoms with Gasteiger partial charge in [-0.2, -0.15) is 0 Å². The third-order valence-corrected chi connectivity index (χ3v) is 4.89. The molecule has 0 aliphatic carbocycles. The summed E-state index contributed by atoms with van der Waals surface area (Å²) in [5, 5.41) is 2.91. The molecular weight excluding hydrogens is 332 g/mol. The highest BCUT2D eigenvalue weighted by Crippen LogP contribution is 2.25. The highest BCUT2D eigenvalue weighted by molar-refractivity contribution is 5.92. The van der Waals surface area contributed by atoms with E-state index in [0.29, 0.717) is 37.4 Å². The Morgan fingerprint density at radius 1 is 1.23 bits per heavy atom. The summed E-state index contributed by atoms with van der Waals surface area (Å²) in [5.74, 6) is 0.716. The van der Waals surface area contributed by atoms with E-state index >= 15 is 0 Å². The Morgan fingerprint density at radius 2 is 2.12 bits per heavy atom. The topological polar surface area (TPSA) is 67.9 Å². The summed E-state index contributed by atoms with van der Waals surface area (Å²) in [4.78, 5) is 26.2. The quantitative estimate of drug-likeness (QED) is 0.812. The molecule has 142 valence electrons. The Hall–Kier alpha value is -2.08. The molecule has 0 saturated carbocycles. The van der Waals surface area contributed by atoms with E-state index in [1.807, 2.05) is 29.2 Å². The van der Waals surface area contributed by atoms with Gasteiger partial charge in [-0.25, -0.2) is 0 Å². The number of amides is 2. The van der Waals surface area contributed by atoms with E-state index in [1.54, 1.807) is 0 Å². The zero-order valence-corrected chi connectivity index (χ0v) is 15.2. The van der Waals surface area contributed by atoms with Gasteiger partial charge in [-0.3, -0.25) is 9.59 Å². The molecule has 0 aromatic heterocycles. The maximum Gasteiger partial charge on any atom is 0.226 e. The maximum absolute atomic E-state index is 12.3. The number of anilines is 1. The molecule has 2 aliphatic rings. The lowest BCUT2D eigenvalue weighted by Gasteiger charge is -2.20. The molecule has 2 aliphatic heterocycles. The molecule has 0 spiro atoms. The van der Waals surface area contributed by atoms with Crippen molar-refractivity contribution < 1.29 is 19.1 Å². The van der Waals surface area contributed by atoms with Crippen LogP contribution >= 0.6 is 0 Å². The van der Waals surface area contributed by atoms with Crippen molar-refractivity contribution in [3.05, 3.63) is 24.3 Å². The predicted molar refractivity (Wildman–Crippen MR) is 99.2 cm³/mol. The second-order valence-corrected chi connectivity index (χ2v) is 6.93. The van der Waals surface area contributed by atoms with Crippen molar-refractivity contribution in [3.8, 4) is 5.75 Å². The van der Waals surface area contributed by atoms with Gasteiger partial charge in [-0.15, -0.1) is 0 Å². The second-order valence-electron chi connectivity index (χ2n) is 6.93. The van der Waals surface area contributed by atoms with Crippen molar-refractivity contribution in [2.45, 2.75) is 51.0 Å². The zero-order chi connectivity index (χ0) is 18.2. The van der Waals surface area contributed by atoms with E-state index in [-0.39, 0.29) is 17.9 Å². The molecule has 1 unspecified atom stereocenters. The molecule has 2 heterocycles. The molecule has 6 heteroatoms. The Morgan fingerprint density at radius 3 is 2.96 bits per heavy atom. The largest absolute Gasteiger partial charge is 0.489 e.